The molecular weight excluding hydrogens is 222 g/mol. The van der Waals surface area contributed by atoms with Crippen molar-refractivity contribution in [2.45, 2.75) is 6.92 Å². The fourth-order valence-electron chi connectivity index (χ4n) is 1.21. The lowest BCUT2D eigenvalue weighted by Crippen LogP contribution is -2.28. The molecule has 0 radical (unpaired) electrons. The lowest BCUT2D eigenvalue weighted by molar-refractivity contribution is -0.147. The molecule has 1 unspecified atom stereocenters. The number of esters is 1. The van der Waals surface area contributed by atoms with E-state index in [4.69, 9.17) is 4.74 Å². The Labute approximate surface area is 99.7 Å². The molecule has 1 aromatic carbocycles. The predicted molar refractivity (Wildman–Crippen MR) is 62.8 cm³/mol. The number of amides is 1. The van der Waals surface area contributed by atoms with Crippen LogP contribution in [0.2, 0.25) is 0 Å². The number of benzene rings is 1. The average molecular weight is 237 g/mol. The highest BCUT2D eigenvalue weighted by Gasteiger charge is 2.21. The Morgan fingerprint density at radius 3 is 2.24 bits per heavy atom. The zero-order valence-electron chi connectivity index (χ0n) is 10.0. The Balaban J connectivity index is 2.64. The third kappa shape index (κ3) is 3.48. The topological polar surface area (TPSA) is 64.6 Å². The molecule has 1 N–H and O–H groups in total. The molecule has 92 valence electrons. The molecule has 0 saturated carbocycles. The molecule has 5 nitrogen and oxygen atoms in total. The van der Waals surface area contributed by atoms with Gasteiger partial charge in [0.05, 0.1) is 14.2 Å². The minimum atomic E-state index is -0.831. The number of ether oxygens (including phenoxy) is 2. The van der Waals surface area contributed by atoms with E-state index in [0.29, 0.717) is 11.4 Å². The normalized spacial score (nSPS) is 11.5. The molecule has 0 bridgehead atoms. The SMILES string of the molecule is COC(=O)C(C)C(=O)Nc1ccc(OC)cc1. The van der Waals surface area contributed by atoms with Crippen molar-refractivity contribution in [3.8, 4) is 5.75 Å². The second-order valence-corrected chi connectivity index (χ2v) is 3.46. The molecule has 0 saturated heterocycles. The first-order valence-corrected chi connectivity index (χ1v) is 5.11. The molecule has 0 spiro atoms. The summed E-state index contributed by atoms with van der Waals surface area (Å²) in [5, 5.41) is 2.61. The van der Waals surface area contributed by atoms with Crippen molar-refractivity contribution in [1.29, 1.82) is 0 Å². The van der Waals surface area contributed by atoms with Crippen molar-refractivity contribution < 1.29 is 19.1 Å². The van der Waals surface area contributed by atoms with Gasteiger partial charge in [-0.05, 0) is 31.2 Å². The third-order valence-corrected chi connectivity index (χ3v) is 2.31. The molecule has 0 aliphatic rings. The first kappa shape index (κ1) is 13.0. The molecule has 0 aromatic heterocycles. The predicted octanol–water partition coefficient (Wildman–Crippen LogP) is 1.44. The quantitative estimate of drug-likeness (QED) is 0.635. The van der Waals surface area contributed by atoms with Gasteiger partial charge in [-0.3, -0.25) is 9.59 Å². The van der Waals surface area contributed by atoms with Gasteiger partial charge < -0.3 is 14.8 Å². The number of carbonyl (C=O) groups excluding carboxylic acids is 2. The Hall–Kier alpha value is -2.04. The molecule has 0 heterocycles. The van der Waals surface area contributed by atoms with Gasteiger partial charge in [0.1, 0.15) is 11.7 Å². The number of hydrogen-bond donors (Lipinski definition) is 1. The summed E-state index contributed by atoms with van der Waals surface area (Å²) in [5.74, 6) is -1.09. The highest BCUT2D eigenvalue weighted by Crippen LogP contribution is 2.15. The standard InChI is InChI=1S/C12H15NO4/c1-8(12(15)17-3)11(14)13-9-4-6-10(16-2)7-5-9/h4-8H,1-3H3,(H,13,14). The maximum Gasteiger partial charge on any atom is 0.317 e. The van der Waals surface area contributed by atoms with E-state index >= 15 is 0 Å². The van der Waals surface area contributed by atoms with Crippen LogP contribution in [0.1, 0.15) is 6.92 Å². The zero-order valence-corrected chi connectivity index (χ0v) is 10.0. The van der Waals surface area contributed by atoms with Gasteiger partial charge in [0.25, 0.3) is 0 Å². The number of rotatable bonds is 4. The Morgan fingerprint density at radius 1 is 1.18 bits per heavy atom. The minimum absolute atomic E-state index is 0.401. The molecule has 17 heavy (non-hydrogen) atoms. The number of anilines is 1. The zero-order chi connectivity index (χ0) is 12.8. The largest absolute Gasteiger partial charge is 0.497 e. The van der Waals surface area contributed by atoms with Gasteiger partial charge in [-0.25, -0.2) is 0 Å². The van der Waals surface area contributed by atoms with Gasteiger partial charge in [0.2, 0.25) is 5.91 Å². The number of methoxy groups -OCH3 is 2. The van der Waals surface area contributed by atoms with Crippen LogP contribution in [0, 0.1) is 5.92 Å². The van der Waals surface area contributed by atoms with Gasteiger partial charge in [0, 0.05) is 5.69 Å². The molecule has 0 aliphatic carbocycles. The van der Waals surface area contributed by atoms with Crippen LogP contribution in [-0.2, 0) is 14.3 Å². The van der Waals surface area contributed by atoms with Crippen molar-refractivity contribution in [2.75, 3.05) is 19.5 Å². The van der Waals surface area contributed by atoms with E-state index in [1.54, 1.807) is 31.4 Å². The molecular formula is C12H15NO4. The number of hydrogen-bond acceptors (Lipinski definition) is 4. The summed E-state index contributed by atoms with van der Waals surface area (Å²) in [6, 6.07) is 6.83. The van der Waals surface area contributed by atoms with E-state index in [0.717, 1.165) is 0 Å². The van der Waals surface area contributed by atoms with Crippen LogP contribution in [0.3, 0.4) is 0 Å². The Morgan fingerprint density at radius 2 is 1.76 bits per heavy atom. The van der Waals surface area contributed by atoms with Gasteiger partial charge in [-0.15, -0.1) is 0 Å². The second kappa shape index (κ2) is 5.89. The van der Waals surface area contributed by atoms with Crippen molar-refractivity contribution in [1.82, 2.24) is 0 Å². The van der Waals surface area contributed by atoms with Gasteiger partial charge >= 0.3 is 5.97 Å². The van der Waals surface area contributed by atoms with Gasteiger partial charge in [-0.2, -0.15) is 0 Å². The monoisotopic (exact) mass is 237 g/mol. The summed E-state index contributed by atoms with van der Waals surface area (Å²) < 4.78 is 9.48. The lowest BCUT2D eigenvalue weighted by Gasteiger charge is -2.10. The van der Waals surface area contributed by atoms with Crippen LogP contribution in [0.5, 0.6) is 5.75 Å². The van der Waals surface area contributed by atoms with Crippen LogP contribution in [-0.4, -0.2) is 26.1 Å². The van der Waals surface area contributed by atoms with Crippen LogP contribution >= 0.6 is 0 Å². The smallest absolute Gasteiger partial charge is 0.317 e. The molecule has 1 rings (SSSR count). The minimum Gasteiger partial charge on any atom is -0.497 e. The molecule has 0 aliphatic heterocycles. The summed E-state index contributed by atoms with van der Waals surface area (Å²) in [6.07, 6.45) is 0. The molecule has 1 aromatic rings. The lowest BCUT2D eigenvalue weighted by atomic mass is 10.1. The highest BCUT2D eigenvalue weighted by atomic mass is 16.5. The maximum atomic E-state index is 11.6. The maximum absolute atomic E-state index is 11.6. The van der Waals surface area contributed by atoms with E-state index in [1.807, 2.05) is 0 Å². The molecule has 5 heteroatoms. The average Bonchev–Trinajstić information content (AvgIpc) is 2.37. The van der Waals surface area contributed by atoms with E-state index in [9.17, 15) is 9.59 Å². The summed E-state index contributed by atoms with van der Waals surface area (Å²) in [6.45, 7) is 1.49. The van der Waals surface area contributed by atoms with Gasteiger partial charge in [-0.1, -0.05) is 0 Å². The molecule has 1 atom stereocenters. The van der Waals surface area contributed by atoms with E-state index < -0.39 is 17.8 Å². The van der Waals surface area contributed by atoms with Crippen LogP contribution < -0.4 is 10.1 Å². The summed E-state index contributed by atoms with van der Waals surface area (Å²) in [4.78, 5) is 22.8. The van der Waals surface area contributed by atoms with E-state index in [-0.39, 0.29) is 0 Å². The molecule has 1 amide bonds. The van der Waals surface area contributed by atoms with Gasteiger partial charge in [0.15, 0.2) is 0 Å². The summed E-state index contributed by atoms with van der Waals surface area (Å²) >= 11 is 0. The van der Waals surface area contributed by atoms with Crippen LogP contribution in [0.15, 0.2) is 24.3 Å². The fraction of sp³-hybridized carbons (Fsp3) is 0.333. The fourth-order valence-corrected chi connectivity index (χ4v) is 1.21. The van der Waals surface area contributed by atoms with Crippen LogP contribution in [0.25, 0.3) is 0 Å². The third-order valence-electron chi connectivity index (χ3n) is 2.31. The van der Waals surface area contributed by atoms with Crippen molar-refractivity contribution in [3.63, 3.8) is 0 Å². The second-order valence-electron chi connectivity index (χ2n) is 3.46. The number of carbonyl (C=O) groups is 2. The Bertz CT molecular complexity index is 399. The summed E-state index contributed by atoms with van der Waals surface area (Å²) in [7, 11) is 2.81. The van der Waals surface area contributed by atoms with E-state index in [2.05, 4.69) is 10.1 Å². The van der Waals surface area contributed by atoms with Crippen molar-refractivity contribution in [3.05, 3.63) is 24.3 Å². The van der Waals surface area contributed by atoms with Crippen LogP contribution in [0.4, 0.5) is 5.69 Å². The number of nitrogens with one attached hydrogen (secondary N) is 1. The first-order valence-electron chi connectivity index (χ1n) is 5.11. The summed E-state index contributed by atoms with van der Waals surface area (Å²) in [5.41, 5.74) is 0.603. The highest BCUT2D eigenvalue weighted by molar-refractivity contribution is 6.04. The van der Waals surface area contributed by atoms with Crippen molar-refractivity contribution in [2.24, 2.45) is 5.92 Å². The first-order chi connectivity index (χ1) is 8.08. The van der Waals surface area contributed by atoms with E-state index in [1.165, 1.54) is 14.0 Å². The molecule has 0 fully saturated rings. The Kier molecular flexibility index (Phi) is 4.51. The van der Waals surface area contributed by atoms with Crippen molar-refractivity contribution >= 4 is 17.6 Å².